The van der Waals surface area contributed by atoms with E-state index in [1.807, 2.05) is 48.5 Å². The van der Waals surface area contributed by atoms with Crippen LogP contribution in [0.15, 0.2) is 72.0 Å². The number of aliphatic hydroxyl groups excluding tert-OH is 1. The van der Waals surface area contributed by atoms with Crippen molar-refractivity contribution in [1.29, 1.82) is 0 Å². The minimum Gasteiger partial charge on any atom is -0.503 e. The van der Waals surface area contributed by atoms with Gasteiger partial charge < -0.3 is 19.5 Å². The third kappa shape index (κ3) is 5.21. The second kappa shape index (κ2) is 11.1. The minimum absolute atomic E-state index is 0.0769. The number of ketones is 1. The van der Waals surface area contributed by atoms with E-state index in [0.717, 1.165) is 25.2 Å². The van der Waals surface area contributed by atoms with Gasteiger partial charge in [0.25, 0.3) is 5.91 Å². The molecular formula is C27H30N2O5. The van der Waals surface area contributed by atoms with Gasteiger partial charge in [-0.1, -0.05) is 54.6 Å². The van der Waals surface area contributed by atoms with Gasteiger partial charge in [0.2, 0.25) is 0 Å². The number of aliphatic hydroxyl groups is 1. The highest BCUT2D eigenvalue weighted by atomic mass is 16.5. The molecule has 2 aromatic carbocycles. The maximum absolute atomic E-state index is 13.3. The molecular weight excluding hydrogens is 432 g/mol. The number of para-hydroxylation sites is 1. The summed E-state index contributed by atoms with van der Waals surface area (Å²) in [5.74, 6) is -0.869. The van der Waals surface area contributed by atoms with Gasteiger partial charge in [-0.05, 0) is 24.1 Å². The van der Waals surface area contributed by atoms with Gasteiger partial charge in [-0.15, -0.1) is 0 Å². The van der Waals surface area contributed by atoms with Gasteiger partial charge in [0.1, 0.15) is 5.75 Å². The summed E-state index contributed by atoms with van der Waals surface area (Å²) in [5, 5.41) is 10.8. The van der Waals surface area contributed by atoms with E-state index in [1.54, 1.807) is 24.2 Å². The Morgan fingerprint density at radius 3 is 2.53 bits per heavy atom. The highest BCUT2D eigenvalue weighted by molar-refractivity contribution is 6.14. The van der Waals surface area contributed by atoms with Crippen molar-refractivity contribution >= 4 is 17.8 Å². The molecule has 2 aliphatic rings. The van der Waals surface area contributed by atoms with Crippen molar-refractivity contribution in [3.8, 4) is 5.75 Å². The number of ether oxygens (including phenoxy) is 2. The summed E-state index contributed by atoms with van der Waals surface area (Å²) in [7, 11) is 1.55. The van der Waals surface area contributed by atoms with E-state index >= 15 is 0 Å². The standard InChI is InChI=1S/C27H30N2O5/c1-33-23-11-6-5-10-21(23)25-24(22(30)13-12-20-8-3-2-4-9-20)26(31)27(32)29(25)15-7-14-28-16-18-34-19-17-28/h2-6,8-13,25,31H,7,14-19H2,1H3. The van der Waals surface area contributed by atoms with Crippen LogP contribution in [0.1, 0.15) is 23.6 Å². The highest BCUT2D eigenvalue weighted by Crippen LogP contribution is 2.41. The second-order valence-corrected chi connectivity index (χ2v) is 8.32. The number of hydrogen-bond acceptors (Lipinski definition) is 6. The lowest BCUT2D eigenvalue weighted by atomic mass is 9.94. The number of carbonyl (C=O) groups is 2. The topological polar surface area (TPSA) is 79.3 Å². The van der Waals surface area contributed by atoms with Gasteiger partial charge in [-0.2, -0.15) is 0 Å². The van der Waals surface area contributed by atoms with Gasteiger partial charge in [-0.25, -0.2) is 0 Å². The number of allylic oxidation sites excluding steroid dienone is 1. The minimum atomic E-state index is -0.721. The summed E-state index contributed by atoms with van der Waals surface area (Å²) in [5.41, 5.74) is 1.61. The molecule has 0 saturated carbocycles. The van der Waals surface area contributed by atoms with Crippen molar-refractivity contribution in [3.63, 3.8) is 0 Å². The molecule has 4 rings (SSSR count). The average Bonchev–Trinajstić information content (AvgIpc) is 3.13. The SMILES string of the molecule is COc1ccccc1C1C(C(=O)C=Cc2ccccc2)=C(O)C(=O)N1CCCN1CCOCC1. The van der Waals surface area contributed by atoms with Crippen LogP contribution in [-0.2, 0) is 14.3 Å². The normalized spacial score (nSPS) is 19.3. The van der Waals surface area contributed by atoms with Crippen molar-refractivity contribution < 1.29 is 24.2 Å². The molecule has 1 saturated heterocycles. The van der Waals surface area contributed by atoms with E-state index < -0.39 is 23.5 Å². The Morgan fingerprint density at radius 1 is 1.09 bits per heavy atom. The number of carbonyl (C=O) groups excluding carboxylic acids is 2. The van der Waals surface area contributed by atoms with Crippen LogP contribution >= 0.6 is 0 Å². The molecule has 2 aromatic rings. The monoisotopic (exact) mass is 462 g/mol. The molecule has 0 bridgehead atoms. The Kier molecular flexibility index (Phi) is 7.77. The van der Waals surface area contributed by atoms with Crippen molar-refractivity contribution in [2.75, 3.05) is 46.5 Å². The predicted molar refractivity (Wildman–Crippen MR) is 129 cm³/mol. The molecule has 0 aliphatic carbocycles. The molecule has 1 fully saturated rings. The lowest BCUT2D eigenvalue weighted by molar-refractivity contribution is -0.129. The van der Waals surface area contributed by atoms with Crippen LogP contribution in [0, 0.1) is 0 Å². The Hall–Kier alpha value is -3.42. The van der Waals surface area contributed by atoms with Crippen molar-refractivity contribution in [3.05, 3.63) is 83.1 Å². The Balaban J connectivity index is 1.60. The molecule has 0 spiro atoms. The van der Waals surface area contributed by atoms with Gasteiger partial charge in [-0.3, -0.25) is 14.5 Å². The third-order valence-electron chi connectivity index (χ3n) is 6.21. The smallest absolute Gasteiger partial charge is 0.290 e. The van der Waals surface area contributed by atoms with Crippen LogP contribution in [0.5, 0.6) is 5.75 Å². The first-order valence-electron chi connectivity index (χ1n) is 11.5. The molecule has 1 N–H and O–H groups in total. The first-order chi connectivity index (χ1) is 16.6. The van der Waals surface area contributed by atoms with Crippen LogP contribution in [0.2, 0.25) is 0 Å². The Bertz CT molecular complexity index is 1070. The highest BCUT2D eigenvalue weighted by Gasteiger charge is 2.43. The Morgan fingerprint density at radius 2 is 1.79 bits per heavy atom. The molecule has 1 amide bonds. The number of hydrogen-bond donors (Lipinski definition) is 1. The van der Waals surface area contributed by atoms with Crippen LogP contribution in [0.25, 0.3) is 6.08 Å². The van der Waals surface area contributed by atoms with E-state index in [9.17, 15) is 14.7 Å². The molecule has 0 radical (unpaired) electrons. The number of morpholine rings is 1. The fourth-order valence-electron chi connectivity index (χ4n) is 4.47. The summed E-state index contributed by atoms with van der Waals surface area (Å²) in [6.07, 6.45) is 3.81. The van der Waals surface area contributed by atoms with E-state index in [0.29, 0.717) is 37.5 Å². The maximum atomic E-state index is 13.3. The van der Waals surface area contributed by atoms with Crippen molar-refractivity contribution in [2.45, 2.75) is 12.5 Å². The first-order valence-corrected chi connectivity index (χ1v) is 11.5. The number of benzene rings is 2. The summed E-state index contributed by atoms with van der Waals surface area (Å²) in [4.78, 5) is 30.3. The first kappa shape index (κ1) is 23.7. The number of rotatable bonds is 9. The van der Waals surface area contributed by atoms with Gasteiger partial charge in [0, 0.05) is 31.7 Å². The largest absolute Gasteiger partial charge is 0.503 e. The van der Waals surface area contributed by atoms with E-state index in [4.69, 9.17) is 9.47 Å². The Labute approximate surface area is 199 Å². The zero-order chi connectivity index (χ0) is 23.9. The summed E-state index contributed by atoms with van der Waals surface area (Å²) in [6, 6.07) is 16.0. The molecule has 2 aliphatic heterocycles. The van der Waals surface area contributed by atoms with E-state index in [1.165, 1.54) is 6.08 Å². The molecule has 0 aromatic heterocycles. The second-order valence-electron chi connectivity index (χ2n) is 8.32. The lowest BCUT2D eigenvalue weighted by Crippen LogP contribution is -2.39. The van der Waals surface area contributed by atoms with E-state index in [2.05, 4.69) is 4.90 Å². The number of amides is 1. The van der Waals surface area contributed by atoms with Crippen LogP contribution in [-0.4, -0.2) is 73.1 Å². The van der Waals surface area contributed by atoms with Crippen molar-refractivity contribution in [2.24, 2.45) is 0 Å². The summed E-state index contributed by atoms with van der Waals surface area (Å²) >= 11 is 0. The molecule has 7 nitrogen and oxygen atoms in total. The van der Waals surface area contributed by atoms with Crippen molar-refractivity contribution in [1.82, 2.24) is 9.80 Å². The zero-order valence-corrected chi connectivity index (χ0v) is 19.4. The predicted octanol–water partition coefficient (Wildman–Crippen LogP) is 3.40. The number of nitrogens with zero attached hydrogens (tertiary/aromatic N) is 2. The van der Waals surface area contributed by atoms with E-state index in [-0.39, 0.29) is 5.57 Å². The van der Waals surface area contributed by atoms with Gasteiger partial charge in [0.15, 0.2) is 11.5 Å². The zero-order valence-electron chi connectivity index (χ0n) is 19.4. The third-order valence-corrected chi connectivity index (χ3v) is 6.21. The summed E-state index contributed by atoms with van der Waals surface area (Å²) < 4.78 is 10.9. The maximum Gasteiger partial charge on any atom is 0.290 e. The lowest BCUT2D eigenvalue weighted by Gasteiger charge is -2.30. The van der Waals surface area contributed by atoms with Gasteiger partial charge in [0.05, 0.1) is 31.9 Å². The summed E-state index contributed by atoms with van der Waals surface area (Å²) in [6.45, 7) is 4.36. The quantitative estimate of drug-likeness (QED) is 0.576. The van der Waals surface area contributed by atoms with Gasteiger partial charge >= 0.3 is 0 Å². The molecule has 1 atom stereocenters. The molecule has 178 valence electrons. The van der Waals surface area contributed by atoms with Crippen LogP contribution in [0.4, 0.5) is 0 Å². The molecule has 1 unspecified atom stereocenters. The fourth-order valence-corrected chi connectivity index (χ4v) is 4.47. The number of methoxy groups -OCH3 is 1. The molecule has 2 heterocycles. The molecule has 34 heavy (non-hydrogen) atoms. The van der Waals surface area contributed by atoms with Crippen LogP contribution in [0.3, 0.4) is 0 Å². The average molecular weight is 463 g/mol. The van der Waals surface area contributed by atoms with Crippen LogP contribution < -0.4 is 4.74 Å². The molecule has 7 heteroatoms. The fraction of sp³-hybridized carbons (Fsp3) is 0.333.